The Bertz CT molecular complexity index is 490. The van der Waals surface area contributed by atoms with Crippen molar-refractivity contribution in [3.8, 4) is 5.75 Å². The molecule has 1 rings (SSSR count). The molecular weight excluding hydrogens is 338 g/mol. The van der Waals surface area contributed by atoms with Gasteiger partial charge in [0.15, 0.2) is 0 Å². The van der Waals surface area contributed by atoms with Crippen LogP contribution >= 0.6 is 15.9 Å². The fraction of sp³-hybridized carbons (Fsp3) is 0.467. The Morgan fingerprint density at radius 2 is 2.00 bits per heavy atom. The first-order chi connectivity index (χ1) is 9.91. The molecule has 0 fully saturated rings. The molecule has 1 N–H and O–H groups in total. The highest BCUT2D eigenvalue weighted by atomic mass is 79.9. The summed E-state index contributed by atoms with van der Waals surface area (Å²) in [6, 6.07) is 7.37. The van der Waals surface area contributed by atoms with Crippen LogP contribution in [0.15, 0.2) is 28.7 Å². The topological polar surface area (TPSA) is 66.8 Å². The number of amides is 1. The monoisotopic (exact) mass is 357 g/mol. The number of carbonyl (C=O) groups is 2. The zero-order valence-electron chi connectivity index (χ0n) is 12.2. The summed E-state index contributed by atoms with van der Waals surface area (Å²) in [4.78, 5) is 24.1. The molecule has 0 saturated carbocycles. The zero-order chi connectivity index (χ0) is 15.8. The van der Waals surface area contributed by atoms with E-state index in [1.807, 2.05) is 24.3 Å². The SMILES string of the molecule is CC(C)N(CC(=O)O)C(=O)CCCOc1ccccc1Br. The summed E-state index contributed by atoms with van der Waals surface area (Å²) < 4.78 is 6.44. The van der Waals surface area contributed by atoms with E-state index in [2.05, 4.69) is 15.9 Å². The molecule has 0 radical (unpaired) electrons. The third kappa shape index (κ3) is 6.16. The van der Waals surface area contributed by atoms with Gasteiger partial charge in [-0.05, 0) is 48.3 Å². The van der Waals surface area contributed by atoms with E-state index in [0.29, 0.717) is 13.0 Å². The summed E-state index contributed by atoms with van der Waals surface area (Å²) in [5, 5.41) is 8.81. The van der Waals surface area contributed by atoms with Gasteiger partial charge in [-0.25, -0.2) is 0 Å². The molecule has 0 saturated heterocycles. The highest BCUT2D eigenvalue weighted by Crippen LogP contribution is 2.23. The molecule has 0 aromatic heterocycles. The summed E-state index contributed by atoms with van der Waals surface area (Å²) in [5.41, 5.74) is 0. The lowest BCUT2D eigenvalue weighted by molar-refractivity contribution is -0.145. The van der Waals surface area contributed by atoms with Crippen LogP contribution in [0.2, 0.25) is 0 Å². The van der Waals surface area contributed by atoms with E-state index in [0.717, 1.165) is 10.2 Å². The maximum atomic E-state index is 12.0. The zero-order valence-corrected chi connectivity index (χ0v) is 13.8. The van der Waals surface area contributed by atoms with Crippen LogP contribution in [0.25, 0.3) is 0 Å². The van der Waals surface area contributed by atoms with Crippen LogP contribution in [0, 0.1) is 0 Å². The molecule has 0 atom stereocenters. The van der Waals surface area contributed by atoms with Crippen LogP contribution in [0.4, 0.5) is 0 Å². The van der Waals surface area contributed by atoms with Crippen molar-refractivity contribution in [1.82, 2.24) is 4.90 Å². The van der Waals surface area contributed by atoms with Crippen molar-refractivity contribution >= 4 is 27.8 Å². The van der Waals surface area contributed by atoms with Crippen molar-refractivity contribution in [1.29, 1.82) is 0 Å². The molecule has 116 valence electrons. The van der Waals surface area contributed by atoms with Gasteiger partial charge in [0.1, 0.15) is 12.3 Å². The minimum Gasteiger partial charge on any atom is -0.492 e. The Morgan fingerprint density at radius 1 is 1.33 bits per heavy atom. The van der Waals surface area contributed by atoms with E-state index >= 15 is 0 Å². The number of carboxylic acids is 1. The van der Waals surface area contributed by atoms with Crippen molar-refractivity contribution in [2.75, 3.05) is 13.2 Å². The molecule has 0 aliphatic heterocycles. The third-order valence-electron chi connectivity index (χ3n) is 2.88. The molecular formula is C15H20BrNO4. The van der Waals surface area contributed by atoms with E-state index in [1.165, 1.54) is 4.90 Å². The number of aliphatic carboxylic acids is 1. The molecule has 0 bridgehead atoms. The second-order valence-corrected chi connectivity index (χ2v) is 5.75. The molecule has 0 aliphatic rings. The fourth-order valence-electron chi connectivity index (χ4n) is 1.82. The number of nitrogens with zero attached hydrogens (tertiary/aromatic N) is 1. The highest BCUT2D eigenvalue weighted by Gasteiger charge is 2.19. The number of hydrogen-bond acceptors (Lipinski definition) is 3. The van der Waals surface area contributed by atoms with Gasteiger partial charge in [0.05, 0.1) is 11.1 Å². The van der Waals surface area contributed by atoms with E-state index in [-0.39, 0.29) is 24.9 Å². The molecule has 0 spiro atoms. The first-order valence-corrected chi connectivity index (χ1v) is 7.59. The standard InChI is InChI=1S/C15H20BrNO4/c1-11(2)17(10-15(19)20)14(18)8-5-9-21-13-7-4-3-6-12(13)16/h3-4,6-7,11H,5,8-10H2,1-2H3,(H,19,20). The predicted molar refractivity (Wildman–Crippen MR) is 83.4 cm³/mol. The van der Waals surface area contributed by atoms with Gasteiger partial charge in [0, 0.05) is 12.5 Å². The Balaban J connectivity index is 2.38. The molecule has 0 heterocycles. The number of ether oxygens (including phenoxy) is 1. The van der Waals surface area contributed by atoms with Gasteiger partial charge in [-0.3, -0.25) is 9.59 Å². The van der Waals surface area contributed by atoms with Crippen LogP contribution < -0.4 is 4.74 Å². The normalized spacial score (nSPS) is 10.5. The highest BCUT2D eigenvalue weighted by molar-refractivity contribution is 9.10. The maximum absolute atomic E-state index is 12.0. The van der Waals surface area contributed by atoms with Crippen molar-refractivity contribution in [3.05, 3.63) is 28.7 Å². The quantitative estimate of drug-likeness (QED) is 0.726. The summed E-state index contributed by atoms with van der Waals surface area (Å²) in [6.45, 7) is 3.76. The Hall–Kier alpha value is -1.56. The lowest BCUT2D eigenvalue weighted by Crippen LogP contribution is -2.40. The number of para-hydroxylation sites is 1. The van der Waals surface area contributed by atoms with Gasteiger partial charge in [-0.2, -0.15) is 0 Å². The van der Waals surface area contributed by atoms with E-state index in [4.69, 9.17) is 9.84 Å². The lowest BCUT2D eigenvalue weighted by atomic mass is 10.2. The van der Waals surface area contributed by atoms with E-state index < -0.39 is 5.97 Å². The van der Waals surface area contributed by atoms with Gasteiger partial charge in [0.2, 0.25) is 5.91 Å². The first-order valence-electron chi connectivity index (χ1n) is 6.80. The van der Waals surface area contributed by atoms with Crippen molar-refractivity contribution in [3.63, 3.8) is 0 Å². The average Bonchev–Trinajstić information content (AvgIpc) is 2.42. The molecule has 1 amide bonds. The van der Waals surface area contributed by atoms with Crippen LogP contribution in [-0.2, 0) is 9.59 Å². The molecule has 0 aliphatic carbocycles. The number of benzene rings is 1. The maximum Gasteiger partial charge on any atom is 0.323 e. The number of carboxylic acid groups (broad SMARTS) is 1. The van der Waals surface area contributed by atoms with E-state index in [1.54, 1.807) is 13.8 Å². The predicted octanol–water partition coefficient (Wildman–Crippen LogP) is 2.93. The number of carbonyl (C=O) groups excluding carboxylic acids is 1. The van der Waals surface area contributed by atoms with Gasteiger partial charge in [-0.15, -0.1) is 0 Å². The van der Waals surface area contributed by atoms with E-state index in [9.17, 15) is 9.59 Å². The number of hydrogen-bond donors (Lipinski definition) is 1. The van der Waals surface area contributed by atoms with Crippen LogP contribution in [0.1, 0.15) is 26.7 Å². The summed E-state index contributed by atoms with van der Waals surface area (Å²) in [7, 11) is 0. The molecule has 0 unspecified atom stereocenters. The molecule has 6 heteroatoms. The number of rotatable bonds is 8. The molecule has 1 aromatic carbocycles. The minimum atomic E-state index is -0.999. The second kappa shape index (κ2) is 8.67. The summed E-state index contributed by atoms with van der Waals surface area (Å²) >= 11 is 3.38. The Labute approximate surface area is 133 Å². The van der Waals surface area contributed by atoms with Crippen molar-refractivity contribution in [2.24, 2.45) is 0 Å². The smallest absolute Gasteiger partial charge is 0.323 e. The largest absolute Gasteiger partial charge is 0.492 e. The average molecular weight is 358 g/mol. The number of halogens is 1. The van der Waals surface area contributed by atoms with Gasteiger partial charge < -0.3 is 14.7 Å². The third-order valence-corrected chi connectivity index (χ3v) is 3.53. The van der Waals surface area contributed by atoms with Gasteiger partial charge in [-0.1, -0.05) is 12.1 Å². The van der Waals surface area contributed by atoms with Crippen molar-refractivity contribution < 1.29 is 19.4 Å². The summed E-state index contributed by atoms with van der Waals surface area (Å²) in [6.07, 6.45) is 0.818. The van der Waals surface area contributed by atoms with Crippen LogP contribution in [0.3, 0.4) is 0 Å². The van der Waals surface area contributed by atoms with Crippen LogP contribution in [-0.4, -0.2) is 41.1 Å². The Morgan fingerprint density at radius 3 is 2.57 bits per heavy atom. The fourth-order valence-corrected chi connectivity index (χ4v) is 2.21. The molecule has 1 aromatic rings. The second-order valence-electron chi connectivity index (χ2n) is 4.89. The van der Waals surface area contributed by atoms with Gasteiger partial charge in [0.25, 0.3) is 0 Å². The van der Waals surface area contributed by atoms with Gasteiger partial charge >= 0.3 is 5.97 Å². The molecule has 5 nitrogen and oxygen atoms in total. The Kier molecular flexibility index (Phi) is 7.22. The first kappa shape index (κ1) is 17.5. The lowest BCUT2D eigenvalue weighted by Gasteiger charge is -2.24. The van der Waals surface area contributed by atoms with Crippen molar-refractivity contribution in [2.45, 2.75) is 32.7 Å². The van der Waals surface area contributed by atoms with Crippen LogP contribution in [0.5, 0.6) is 5.75 Å². The molecule has 21 heavy (non-hydrogen) atoms. The summed E-state index contributed by atoms with van der Waals surface area (Å²) in [5.74, 6) is -0.430. The minimum absolute atomic E-state index is 0.127.